The van der Waals surface area contributed by atoms with Gasteiger partial charge in [0.2, 0.25) is 0 Å². The molecule has 0 radical (unpaired) electrons. The van der Waals surface area contributed by atoms with E-state index in [-0.39, 0.29) is 5.54 Å². The maximum absolute atomic E-state index is 5.44. The normalized spacial score (nSPS) is 14.6. The Hall–Kier alpha value is -1.30. The second-order valence-corrected chi connectivity index (χ2v) is 7.14. The minimum Gasteiger partial charge on any atom is -0.372 e. The molecule has 4 nitrogen and oxygen atoms in total. The van der Waals surface area contributed by atoms with Gasteiger partial charge in [0, 0.05) is 11.1 Å². The van der Waals surface area contributed by atoms with E-state index in [0.29, 0.717) is 6.61 Å². The Kier molecular flexibility index (Phi) is 3.58. The van der Waals surface area contributed by atoms with Crippen LogP contribution >= 0.6 is 11.3 Å². The fourth-order valence-electron chi connectivity index (χ4n) is 2.09. The fourth-order valence-corrected chi connectivity index (χ4v) is 2.86. The van der Waals surface area contributed by atoms with Crippen LogP contribution in [0.5, 0.6) is 0 Å². The Morgan fingerprint density at radius 3 is 2.80 bits per heavy atom. The molecule has 1 aliphatic rings. The van der Waals surface area contributed by atoms with Crippen LogP contribution in [0.2, 0.25) is 0 Å². The number of nitrogens with zero attached hydrogens (tertiary/aromatic N) is 2. The summed E-state index contributed by atoms with van der Waals surface area (Å²) in [7, 11) is 0. The molecule has 0 bridgehead atoms. The lowest BCUT2D eigenvalue weighted by molar-refractivity contribution is 0.134. The molecule has 2 heterocycles. The van der Waals surface area contributed by atoms with E-state index in [1.165, 1.54) is 11.1 Å². The average molecular weight is 289 g/mol. The molecule has 0 atom stereocenters. The summed E-state index contributed by atoms with van der Waals surface area (Å²) < 4.78 is 5.44. The van der Waals surface area contributed by atoms with Gasteiger partial charge in [-0.25, -0.2) is 0 Å². The average Bonchev–Trinajstić information content (AvgIpc) is 3.03. The van der Waals surface area contributed by atoms with E-state index >= 15 is 0 Å². The minimum atomic E-state index is 0.0940. The first-order valence-electron chi connectivity index (χ1n) is 6.79. The van der Waals surface area contributed by atoms with Crippen molar-refractivity contribution in [1.82, 2.24) is 15.5 Å². The highest BCUT2D eigenvalue weighted by atomic mass is 32.1. The first-order valence-corrected chi connectivity index (χ1v) is 7.60. The Bertz CT molecular complexity index is 616. The number of benzene rings is 1. The van der Waals surface area contributed by atoms with Crippen LogP contribution in [0.3, 0.4) is 0 Å². The van der Waals surface area contributed by atoms with Crippen molar-refractivity contribution in [2.45, 2.75) is 46.1 Å². The summed E-state index contributed by atoms with van der Waals surface area (Å²) in [6, 6.07) is 6.41. The largest absolute Gasteiger partial charge is 0.372 e. The van der Waals surface area contributed by atoms with Gasteiger partial charge < -0.3 is 10.1 Å². The molecule has 1 aromatic carbocycles. The molecule has 0 amide bonds. The molecule has 1 N–H and O–H groups in total. The van der Waals surface area contributed by atoms with E-state index < -0.39 is 0 Å². The zero-order chi connectivity index (χ0) is 14.2. The van der Waals surface area contributed by atoms with E-state index in [1.54, 1.807) is 11.3 Å². The number of rotatable bonds is 3. The van der Waals surface area contributed by atoms with Gasteiger partial charge in [-0.2, -0.15) is 0 Å². The van der Waals surface area contributed by atoms with Gasteiger partial charge in [0.25, 0.3) is 0 Å². The molecule has 0 aliphatic carbocycles. The molecule has 0 spiro atoms. The molecule has 0 fully saturated rings. The highest BCUT2D eigenvalue weighted by Crippen LogP contribution is 2.28. The lowest BCUT2D eigenvalue weighted by atomic mass is 10.1. The van der Waals surface area contributed by atoms with E-state index in [2.05, 4.69) is 54.5 Å². The number of hydrogen-bond acceptors (Lipinski definition) is 5. The van der Waals surface area contributed by atoms with E-state index in [4.69, 9.17) is 4.74 Å². The number of ether oxygens (including phenoxy) is 1. The highest BCUT2D eigenvalue weighted by Gasteiger charge is 2.15. The lowest BCUT2D eigenvalue weighted by Crippen LogP contribution is -2.35. The van der Waals surface area contributed by atoms with Crippen molar-refractivity contribution < 1.29 is 4.74 Å². The first-order chi connectivity index (χ1) is 9.51. The third-order valence-electron chi connectivity index (χ3n) is 3.21. The monoisotopic (exact) mass is 289 g/mol. The molecule has 0 unspecified atom stereocenters. The second-order valence-electron chi connectivity index (χ2n) is 6.08. The van der Waals surface area contributed by atoms with Gasteiger partial charge >= 0.3 is 0 Å². The predicted molar refractivity (Wildman–Crippen MR) is 80.4 cm³/mol. The van der Waals surface area contributed by atoms with Gasteiger partial charge in [-0.05, 0) is 38.0 Å². The zero-order valence-corrected chi connectivity index (χ0v) is 12.9. The number of hydrogen-bond donors (Lipinski definition) is 1. The Morgan fingerprint density at radius 2 is 2.00 bits per heavy atom. The Labute approximate surface area is 123 Å². The van der Waals surface area contributed by atoms with Gasteiger partial charge in [0.05, 0.1) is 19.8 Å². The van der Waals surface area contributed by atoms with Crippen molar-refractivity contribution in [3.05, 3.63) is 34.3 Å². The number of aromatic nitrogens is 2. The van der Waals surface area contributed by atoms with Crippen LogP contribution in [0.4, 0.5) is 0 Å². The highest BCUT2D eigenvalue weighted by molar-refractivity contribution is 7.14. The van der Waals surface area contributed by atoms with E-state index in [0.717, 1.165) is 28.7 Å². The molecule has 3 rings (SSSR count). The lowest BCUT2D eigenvalue weighted by Gasteiger charge is -2.19. The summed E-state index contributed by atoms with van der Waals surface area (Å²) in [5, 5.41) is 14.0. The molecular weight excluding hydrogens is 270 g/mol. The number of fused-ring (bicyclic) bond motifs is 1. The maximum atomic E-state index is 5.44. The Balaban J connectivity index is 1.76. The summed E-state index contributed by atoms with van der Waals surface area (Å²) in [4.78, 5) is 0. The second kappa shape index (κ2) is 5.24. The molecule has 1 aromatic heterocycles. The van der Waals surface area contributed by atoms with Crippen molar-refractivity contribution in [2.24, 2.45) is 0 Å². The van der Waals surface area contributed by atoms with E-state index in [9.17, 15) is 0 Å². The van der Waals surface area contributed by atoms with Crippen LogP contribution in [-0.4, -0.2) is 15.7 Å². The van der Waals surface area contributed by atoms with Crippen LogP contribution in [0.1, 0.15) is 36.9 Å². The van der Waals surface area contributed by atoms with Gasteiger partial charge in [0.15, 0.2) is 0 Å². The molecule has 5 heteroatoms. The van der Waals surface area contributed by atoms with Crippen molar-refractivity contribution in [1.29, 1.82) is 0 Å². The predicted octanol–water partition coefficient (Wildman–Crippen LogP) is 3.12. The molecule has 106 valence electrons. The van der Waals surface area contributed by atoms with Crippen molar-refractivity contribution in [3.8, 4) is 10.6 Å². The van der Waals surface area contributed by atoms with Crippen LogP contribution in [0, 0.1) is 0 Å². The summed E-state index contributed by atoms with van der Waals surface area (Å²) in [6.07, 6.45) is 0. The van der Waals surface area contributed by atoms with Gasteiger partial charge in [-0.1, -0.05) is 23.5 Å². The summed E-state index contributed by atoms with van der Waals surface area (Å²) in [5.74, 6) is 0. The third-order valence-corrected chi connectivity index (χ3v) is 4.18. The molecule has 0 saturated carbocycles. The summed E-state index contributed by atoms with van der Waals surface area (Å²) in [5.41, 5.74) is 3.78. The molecule has 2 aromatic rings. The first kappa shape index (κ1) is 13.7. The van der Waals surface area contributed by atoms with Crippen LogP contribution in [0.15, 0.2) is 18.2 Å². The minimum absolute atomic E-state index is 0.0940. The SMILES string of the molecule is CC(C)(C)NCc1nnc(-c2ccc3c(c2)COC3)s1. The molecular formula is C15H19N3OS. The van der Waals surface area contributed by atoms with Crippen LogP contribution < -0.4 is 5.32 Å². The molecule has 0 saturated heterocycles. The smallest absolute Gasteiger partial charge is 0.147 e. The Morgan fingerprint density at radius 1 is 1.20 bits per heavy atom. The van der Waals surface area contributed by atoms with Crippen LogP contribution in [-0.2, 0) is 24.5 Å². The van der Waals surface area contributed by atoms with Gasteiger partial charge in [0.1, 0.15) is 10.0 Å². The quantitative estimate of drug-likeness (QED) is 0.943. The number of nitrogens with one attached hydrogen (secondary N) is 1. The van der Waals surface area contributed by atoms with Gasteiger partial charge in [-0.3, -0.25) is 0 Å². The van der Waals surface area contributed by atoms with E-state index in [1.807, 2.05) is 0 Å². The van der Waals surface area contributed by atoms with Crippen molar-refractivity contribution in [3.63, 3.8) is 0 Å². The van der Waals surface area contributed by atoms with Gasteiger partial charge in [-0.15, -0.1) is 10.2 Å². The van der Waals surface area contributed by atoms with Crippen molar-refractivity contribution >= 4 is 11.3 Å². The van der Waals surface area contributed by atoms with Crippen molar-refractivity contribution in [2.75, 3.05) is 0 Å². The third kappa shape index (κ3) is 3.06. The van der Waals surface area contributed by atoms with Crippen LogP contribution in [0.25, 0.3) is 10.6 Å². The zero-order valence-electron chi connectivity index (χ0n) is 12.1. The topological polar surface area (TPSA) is 47.0 Å². The summed E-state index contributed by atoms with van der Waals surface area (Å²) in [6.45, 7) is 8.64. The maximum Gasteiger partial charge on any atom is 0.147 e. The molecule has 1 aliphatic heterocycles. The molecule has 20 heavy (non-hydrogen) atoms. The standard InChI is InChI=1S/C15H19N3OS/c1-15(2,3)16-7-13-17-18-14(20-13)10-4-5-11-8-19-9-12(11)6-10/h4-6,16H,7-9H2,1-3H3. The fraction of sp³-hybridized carbons (Fsp3) is 0.467. The summed E-state index contributed by atoms with van der Waals surface area (Å²) >= 11 is 1.65.